The fourth-order valence-electron chi connectivity index (χ4n) is 2.70. The molecule has 7 nitrogen and oxygen atoms in total. The van der Waals surface area contributed by atoms with E-state index in [0.29, 0.717) is 11.6 Å². The van der Waals surface area contributed by atoms with Crippen molar-refractivity contribution in [2.24, 2.45) is 0 Å². The molecular formula is C15H16BrN3O4. The Morgan fingerprint density at radius 1 is 1.09 bits per heavy atom. The highest BCUT2D eigenvalue weighted by Crippen LogP contribution is 2.33. The molecule has 2 aliphatic heterocycles. The summed E-state index contributed by atoms with van der Waals surface area (Å²) in [5.41, 5.74) is -0.0937. The van der Waals surface area contributed by atoms with Crippen molar-refractivity contribution >= 4 is 45.7 Å². The van der Waals surface area contributed by atoms with Gasteiger partial charge in [0.15, 0.2) is 0 Å². The number of carbonyl (C=O) groups is 3. The first-order valence-corrected chi connectivity index (χ1v) is 8.05. The Hall–Kier alpha value is -2.09. The molecule has 1 aromatic rings. The largest absolute Gasteiger partial charge is 0.440 e. The van der Waals surface area contributed by atoms with Crippen LogP contribution in [0, 0.1) is 0 Å². The SMILES string of the molecule is CN1C(=O)C(=Cc2cc(Br)c(N3CCCC3)o2)C(=O)N(C)C1=O. The van der Waals surface area contributed by atoms with Crippen molar-refractivity contribution in [3.05, 3.63) is 21.9 Å². The van der Waals surface area contributed by atoms with E-state index in [1.165, 1.54) is 20.2 Å². The van der Waals surface area contributed by atoms with E-state index in [0.717, 1.165) is 40.2 Å². The normalized spacial score (nSPS) is 19.2. The van der Waals surface area contributed by atoms with Crippen molar-refractivity contribution in [2.45, 2.75) is 12.8 Å². The summed E-state index contributed by atoms with van der Waals surface area (Å²) in [6.07, 6.45) is 3.60. The Labute approximate surface area is 141 Å². The van der Waals surface area contributed by atoms with Crippen LogP contribution in [0.5, 0.6) is 0 Å². The molecule has 23 heavy (non-hydrogen) atoms. The molecule has 8 heteroatoms. The number of imide groups is 2. The van der Waals surface area contributed by atoms with Crippen LogP contribution in [-0.2, 0) is 9.59 Å². The van der Waals surface area contributed by atoms with Crippen LogP contribution in [0.4, 0.5) is 10.7 Å². The third-order valence-electron chi connectivity index (χ3n) is 4.01. The van der Waals surface area contributed by atoms with E-state index < -0.39 is 17.8 Å². The first-order chi connectivity index (χ1) is 10.9. The van der Waals surface area contributed by atoms with Gasteiger partial charge in [0, 0.05) is 33.3 Å². The highest BCUT2D eigenvalue weighted by atomic mass is 79.9. The lowest BCUT2D eigenvalue weighted by Crippen LogP contribution is -2.52. The van der Waals surface area contributed by atoms with Crippen LogP contribution in [0.3, 0.4) is 0 Å². The quantitative estimate of drug-likeness (QED) is 0.579. The maximum Gasteiger partial charge on any atom is 0.333 e. The minimum absolute atomic E-state index is 0.0937. The van der Waals surface area contributed by atoms with Crippen LogP contribution in [0.25, 0.3) is 6.08 Å². The van der Waals surface area contributed by atoms with Crippen LogP contribution in [-0.4, -0.2) is 54.8 Å². The van der Waals surface area contributed by atoms with Crippen LogP contribution in [0.2, 0.25) is 0 Å². The Balaban J connectivity index is 1.94. The number of furan rings is 1. The maximum absolute atomic E-state index is 12.2. The summed E-state index contributed by atoms with van der Waals surface area (Å²) in [4.78, 5) is 40.0. The topological polar surface area (TPSA) is 74.1 Å². The lowest BCUT2D eigenvalue weighted by atomic mass is 10.1. The minimum Gasteiger partial charge on any atom is -0.440 e. The van der Waals surface area contributed by atoms with E-state index in [4.69, 9.17) is 4.42 Å². The molecule has 0 N–H and O–H groups in total. The third-order valence-corrected chi connectivity index (χ3v) is 4.58. The second-order valence-corrected chi connectivity index (χ2v) is 6.42. The van der Waals surface area contributed by atoms with Gasteiger partial charge in [0.25, 0.3) is 11.8 Å². The molecule has 3 heterocycles. The van der Waals surface area contributed by atoms with Gasteiger partial charge in [-0.2, -0.15) is 0 Å². The average molecular weight is 382 g/mol. The Morgan fingerprint density at radius 3 is 2.22 bits per heavy atom. The van der Waals surface area contributed by atoms with Crippen molar-refractivity contribution in [1.29, 1.82) is 0 Å². The van der Waals surface area contributed by atoms with Crippen LogP contribution >= 0.6 is 15.9 Å². The summed E-state index contributed by atoms with van der Waals surface area (Å²) in [5.74, 6) is -0.170. The van der Waals surface area contributed by atoms with E-state index in [9.17, 15) is 14.4 Å². The minimum atomic E-state index is -0.643. The summed E-state index contributed by atoms with van der Waals surface area (Å²) < 4.78 is 6.55. The maximum atomic E-state index is 12.2. The Morgan fingerprint density at radius 2 is 1.65 bits per heavy atom. The Bertz CT molecular complexity index is 692. The molecule has 2 fully saturated rings. The van der Waals surface area contributed by atoms with Gasteiger partial charge in [0.1, 0.15) is 11.3 Å². The molecule has 3 rings (SSSR count). The summed E-state index contributed by atoms with van der Waals surface area (Å²) in [5, 5.41) is 0. The summed E-state index contributed by atoms with van der Waals surface area (Å²) >= 11 is 3.45. The standard InChI is InChI=1S/C15H16BrN3O4/c1-17-12(20)10(13(21)18(2)15(17)22)7-9-8-11(16)14(23-9)19-5-3-4-6-19/h7-8H,3-6H2,1-2H3. The molecular weight excluding hydrogens is 366 g/mol. The number of hydrogen-bond acceptors (Lipinski definition) is 5. The van der Waals surface area contributed by atoms with Gasteiger partial charge in [0.05, 0.1) is 4.47 Å². The smallest absolute Gasteiger partial charge is 0.333 e. The van der Waals surface area contributed by atoms with Crippen LogP contribution < -0.4 is 4.90 Å². The fraction of sp³-hybridized carbons (Fsp3) is 0.400. The molecule has 4 amide bonds. The second kappa shape index (κ2) is 5.84. The molecule has 0 bridgehead atoms. The number of rotatable bonds is 2. The van der Waals surface area contributed by atoms with Gasteiger partial charge in [0.2, 0.25) is 5.88 Å². The zero-order chi connectivity index (χ0) is 16.7. The van der Waals surface area contributed by atoms with E-state index in [2.05, 4.69) is 20.8 Å². The Kier molecular flexibility index (Phi) is 4.01. The monoisotopic (exact) mass is 381 g/mol. The van der Waals surface area contributed by atoms with E-state index >= 15 is 0 Å². The van der Waals surface area contributed by atoms with Crippen LogP contribution in [0.1, 0.15) is 18.6 Å². The zero-order valence-electron chi connectivity index (χ0n) is 12.8. The van der Waals surface area contributed by atoms with Gasteiger partial charge in [-0.3, -0.25) is 19.4 Å². The van der Waals surface area contributed by atoms with E-state index in [1.54, 1.807) is 6.07 Å². The van der Waals surface area contributed by atoms with Gasteiger partial charge < -0.3 is 9.32 Å². The zero-order valence-corrected chi connectivity index (χ0v) is 14.4. The van der Waals surface area contributed by atoms with Gasteiger partial charge in [-0.05, 0) is 34.8 Å². The molecule has 122 valence electrons. The molecule has 2 saturated heterocycles. The van der Waals surface area contributed by atoms with Gasteiger partial charge in [-0.15, -0.1) is 0 Å². The van der Waals surface area contributed by atoms with Crippen molar-refractivity contribution in [2.75, 3.05) is 32.1 Å². The molecule has 0 aromatic carbocycles. The van der Waals surface area contributed by atoms with Crippen molar-refractivity contribution in [3.8, 4) is 0 Å². The molecule has 0 saturated carbocycles. The number of urea groups is 1. The molecule has 0 aliphatic carbocycles. The predicted octanol–water partition coefficient (Wildman–Crippen LogP) is 2.08. The van der Waals surface area contributed by atoms with E-state index in [1.807, 2.05) is 0 Å². The number of likely N-dealkylation sites (N-methyl/N-ethyl adjacent to an activating group) is 2. The fourth-order valence-corrected chi connectivity index (χ4v) is 3.26. The summed E-state index contributed by atoms with van der Waals surface area (Å²) in [6, 6.07) is 1.08. The van der Waals surface area contributed by atoms with Gasteiger partial charge >= 0.3 is 6.03 Å². The lowest BCUT2D eigenvalue weighted by molar-refractivity contribution is -0.134. The molecule has 0 radical (unpaired) electrons. The third kappa shape index (κ3) is 2.67. The first kappa shape index (κ1) is 15.8. The predicted molar refractivity (Wildman–Crippen MR) is 86.8 cm³/mol. The highest BCUT2D eigenvalue weighted by molar-refractivity contribution is 9.10. The van der Waals surface area contributed by atoms with Gasteiger partial charge in [-0.25, -0.2) is 4.79 Å². The molecule has 0 unspecified atom stereocenters. The molecule has 0 spiro atoms. The average Bonchev–Trinajstić information content (AvgIpc) is 3.17. The molecule has 0 atom stereocenters. The number of nitrogens with zero attached hydrogens (tertiary/aromatic N) is 3. The summed E-state index contributed by atoms with van der Waals surface area (Å²) in [7, 11) is 2.68. The highest BCUT2D eigenvalue weighted by Gasteiger charge is 2.38. The number of hydrogen-bond donors (Lipinski definition) is 0. The first-order valence-electron chi connectivity index (χ1n) is 7.26. The van der Waals surface area contributed by atoms with Crippen molar-refractivity contribution in [3.63, 3.8) is 0 Å². The lowest BCUT2D eigenvalue weighted by Gasteiger charge is -2.28. The number of amides is 4. The number of anilines is 1. The molecule has 1 aromatic heterocycles. The number of barbiturate groups is 1. The van der Waals surface area contributed by atoms with E-state index in [-0.39, 0.29) is 5.57 Å². The van der Waals surface area contributed by atoms with Gasteiger partial charge in [-0.1, -0.05) is 0 Å². The molecule has 2 aliphatic rings. The summed E-state index contributed by atoms with van der Waals surface area (Å²) in [6.45, 7) is 1.83. The van der Waals surface area contributed by atoms with Crippen molar-refractivity contribution < 1.29 is 18.8 Å². The van der Waals surface area contributed by atoms with Crippen LogP contribution in [0.15, 0.2) is 20.5 Å². The van der Waals surface area contributed by atoms with Crippen molar-refractivity contribution in [1.82, 2.24) is 9.80 Å². The second-order valence-electron chi connectivity index (χ2n) is 5.56. The number of halogens is 1. The number of carbonyl (C=O) groups excluding carboxylic acids is 3.